The molecule has 1 fully saturated rings. The molecule has 2 heterocycles. The monoisotopic (exact) mass is 350 g/mol. The van der Waals surface area contributed by atoms with E-state index in [1.165, 1.54) is 25.9 Å². The topological polar surface area (TPSA) is 45.5 Å². The van der Waals surface area contributed by atoms with Crippen LogP contribution in [-0.4, -0.2) is 37.0 Å². The number of nitrogens with one attached hydrogen (secondary N) is 1. The highest BCUT2D eigenvalue weighted by atomic mass is 16.3. The maximum atomic E-state index is 12.4. The van der Waals surface area contributed by atoms with Crippen LogP contribution in [0, 0.1) is 5.92 Å². The lowest BCUT2D eigenvalue weighted by molar-refractivity contribution is 0.0925. The first-order valence-corrected chi connectivity index (χ1v) is 9.62. The van der Waals surface area contributed by atoms with Crippen LogP contribution in [0.5, 0.6) is 0 Å². The lowest BCUT2D eigenvalue weighted by atomic mass is 9.99. The molecule has 1 N–H and O–H groups in total. The first-order chi connectivity index (χ1) is 12.7. The van der Waals surface area contributed by atoms with E-state index in [2.05, 4.69) is 29.3 Å². The van der Waals surface area contributed by atoms with Crippen LogP contribution in [0.2, 0.25) is 0 Å². The molecule has 136 valence electrons. The molecule has 1 amide bonds. The quantitative estimate of drug-likeness (QED) is 0.692. The largest absolute Gasteiger partial charge is 0.451 e. The molecular weight excluding hydrogens is 324 g/mol. The molecule has 3 aromatic rings. The van der Waals surface area contributed by atoms with Crippen LogP contribution in [0.1, 0.15) is 36.7 Å². The summed E-state index contributed by atoms with van der Waals surface area (Å²) < 4.78 is 5.77. The minimum absolute atomic E-state index is 0.127. The van der Waals surface area contributed by atoms with Crippen molar-refractivity contribution in [3.63, 3.8) is 0 Å². The smallest absolute Gasteiger partial charge is 0.287 e. The van der Waals surface area contributed by atoms with Crippen molar-refractivity contribution in [2.75, 3.05) is 26.2 Å². The zero-order valence-electron chi connectivity index (χ0n) is 15.3. The lowest BCUT2D eigenvalue weighted by Crippen LogP contribution is -2.35. The van der Waals surface area contributed by atoms with Crippen molar-refractivity contribution >= 4 is 27.6 Å². The van der Waals surface area contributed by atoms with Gasteiger partial charge in [0.1, 0.15) is 5.58 Å². The average Bonchev–Trinajstić information content (AvgIpc) is 3.11. The maximum absolute atomic E-state index is 12.4. The van der Waals surface area contributed by atoms with E-state index in [-0.39, 0.29) is 5.91 Å². The number of carbonyl (C=O) groups excluding carboxylic acids is 1. The van der Waals surface area contributed by atoms with Gasteiger partial charge in [0.25, 0.3) is 5.91 Å². The second kappa shape index (κ2) is 7.50. The molecule has 2 aromatic carbocycles. The molecule has 0 unspecified atom stereocenters. The molecule has 0 saturated carbocycles. The van der Waals surface area contributed by atoms with E-state index >= 15 is 0 Å². The van der Waals surface area contributed by atoms with E-state index in [1.807, 2.05) is 30.3 Å². The van der Waals surface area contributed by atoms with E-state index < -0.39 is 0 Å². The Morgan fingerprint density at radius 3 is 2.81 bits per heavy atom. The summed E-state index contributed by atoms with van der Waals surface area (Å²) in [7, 11) is 0. The van der Waals surface area contributed by atoms with Gasteiger partial charge in [-0.3, -0.25) is 4.79 Å². The van der Waals surface area contributed by atoms with Crippen molar-refractivity contribution in [3.05, 3.63) is 48.2 Å². The second-order valence-electron chi connectivity index (χ2n) is 7.44. The van der Waals surface area contributed by atoms with Crippen LogP contribution in [-0.2, 0) is 0 Å². The minimum Gasteiger partial charge on any atom is -0.451 e. The van der Waals surface area contributed by atoms with Gasteiger partial charge in [-0.15, -0.1) is 0 Å². The molecule has 0 aliphatic carbocycles. The van der Waals surface area contributed by atoms with Gasteiger partial charge in [-0.05, 0) is 67.7 Å². The fraction of sp³-hybridized carbons (Fsp3) is 0.409. The summed E-state index contributed by atoms with van der Waals surface area (Å²) in [5.74, 6) is 1.12. The molecule has 1 aliphatic rings. The van der Waals surface area contributed by atoms with Crippen LogP contribution in [0.15, 0.2) is 46.9 Å². The van der Waals surface area contributed by atoms with Gasteiger partial charge >= 0.3 is 0 Å². The van der Waals surface area contributed by atoms with Crippen molar-refractivity contribution in [3.8, 4) is 0 Å². The van der Waals surface area contributed by atoms with E-state index in [0.29, 0.717) is 12.3 Å². The SMILES string of the molecule is CC1CCN(CCCNC(=O)c2cc3c(ccc4ccccc43)o2)CC1. The number of hydrogen-bond donors (Lipinski definition) is 1. The number of benzene rings is 2. The maximum Gasteiger partial charge on any atom is 0.287 e. The highest BCUT2D eigenvalue weighted by Gasteiger charge is 2.16. The Kier molecular flexibility index (Phi) is 4.93. The molecular formula is C22H26N2O2. The van der Waals surface area contributed by atoms with Crippen LogP contribution in [0.3, 0.4) is 0 Å². The van der Waals surface area contributed by atoms with Crippen LogP contribution in [0.25, 0.3) is 21.7 Å². The Morgan fingerprint density at radius 2 is 1.96 bits per heavy atom. The standard InChI is InChI=1S/C22H26N2O2/c1-16-9-13-24(14-10-16)12-4-11-23-22(25)21-15-19-18-6-3-2-5-17(18)7-8-20(19)26-21/h2-3,5-8,15-16H,4,9-14H2,1H3,(H,23,25). The van der Waals surface area contributed by atoms with Crippen molar-refractivity contribution in [2.45, 2.75) is 26.2 Å². The molecule has 1 saturated heterocycles. The van der Waals surface area contributed by atoms with Crippen molar-refractivity contribution in [1.82, 2.24) is 10.2 Å². The van der Waals surface area contributed by atoms with Gasteiger partial charge < -0.3 is 14.6 Å². The van der Waals surface area contributed by atoms with E-state index in [1.54, 1.807) is 0 Å². The predicted molar refractivity (Wildman–Crippen MR) is 106 cm³/mol. The fourth-order valence-electron chi connectivity index (χ4n) is 3.78. The Bertz CT molecular complexity index is 907. The van der Waals surface area contributed by atoms with Crippen molar-refractivity contribution in [2.24, 2.45) is 5.92 Å². The molecule has 4 heteroatoms. The van der Waals surface area contributed by atoms with Gasteiger partial charge in [-0.2, -0.15) is 0 Å². The van der Waals surface area contributed by atoms with E-state index in [4.69, 9.17) is 4.42 Å². The molecule has 0 atom stereocenters. The number of rotatable bonds is 5. The third kappa shape index (κ3) is 3.61. The minimum atomic E-state index is -0.127. The summed E-state index contributed by atoms with van der Waals surface area (Å²) in [6.07, 6.45) is 3.56. The highest BCUT2D eigenvalue weighted by molar-refractivity contribution is 6.08. The van der Waals surface area contributed by atoms with Crippen LogP contribution >= 0.6 is 0 Å². The third-order valence-corrected chi connectivity index (χ3v) is 5.46. The van der Waals surface area contributed by atoms with Crippen molar-refractivity contribution < 1.29 is 9.21 Å². The number of hydrogen-bond acceptors (Lipinski definition) is 3. The zero-order chi connectivity index (χ0) is 17.9. The Balaban J connectivity index is 1.35. The summed E-state index contributed by atoms with van der Waals surface area (Å²) in [5.41, 5.74) is 0.760. The molecule has 0 radical (unpaired) electrons. The van der Waals surface area contributed by atoms with Gasteiger partial charge in [0.2, 0.25) is 0 Å². The molecule has 0 bridgehead atoms. The number of nitrogens with zero attached hydrogens (tertiary/aromatic N) is 1. The summed E-state index contributed by atoms with van der Waals surface area (Å²) >= 11 is 0. The second-order valence-corrected chi connectivity index (χ2v) is 7.44. The molecule has 1 aromatic heterocycles. The first-order valence-electron chi connectivity index (χ1n) is 9.62. The number of likely N-dealkylation sites (tertiary alicyclic amines) is 1. The van der Waals surface area contributed by atoms with Gasteiger partial charge in [-0.25, -0.2) is 0 Å². The lowest BCUT2D eigenvalue weighted by Gasteiger charge is -2.30. The number of furan rings is 1. The fourth-order valence-corrected chi connectivity index (χ4v) is 3.78. The highest BCUT2D eigenvalue weighted by Crippen LogP contribution is 2.28. The number of piperidine rings is 1. The average molecular weight is 350 g/mol. The molecule has 1 aliphatic heterocycles. The van der Waals surface area contributed by atoms with Gasteiger partial charge in [0.15, 0.2) is 5.76 Å². The summed E-state index contributed by atoms with van der Waals surface area (Å²) in [6.45, 7) is 6.44. The van der Waals surface area contributed by atoms with Gasteiger partial charge in [-0.1, -0.05) is 37.3 Å². The molecule has 4 nitrogen and oxygen atoms in total. The number of carbonyl (C=O) groups is 1. The third-order valence-electron chi connectivity index (χ3n) is 5.46. The summed E-state index contributed by atoms with van der Waals surface area (Å²) in [5, 5.41) is 6.27. The van der Waals surface area contributed by atoms with E-state index in [0.717, 1.165) is 40.6 Å². The van der Waals surface area contributed by atoms with Crippen LogP contribution in [0.4, 0.5) is 0 Å². The Labute approximate surface area is 154 Å². The summed E-state index contributed by atoms with van der Waals surface area (Å²) in [6, 6.07) is 14.0. The molecule has 0 spiro atoms. The number of fused-ring (bicyclic) bond motifs is 3. The van der Waals surface area contributed by atoms with Crippen LogP contribution < -0.4 is 5.32 Å². The Hall–Kier alpha value is -2.33. The predicted octanol–water partition coefficient (Wildman–Crippen LogP) is 4.44. The normalized spacial score (nSPS) is 16.3. The molecule has 4 rings (SSSR count). The first kappa shape index (κ1) is 17.1. The number of amides is 1. The van der Waals surface area contributed by atoms with E-state index in [9.17, 15) is 4.79 Å². The Morgan fingerprint density at radius 1 is 1.15 bits per heavy atom. The van der Waals surface area contributed by atoms with Gasteiger partial charge in [0, 0.05) is 11.9 Å². The summed E-state index contributed by atoms with van der Waals surface area (Å²) in [4.78, 5) is 14.9. The zero-order valence-corrected chi connectivity index (χ0v) is 15.3. The van der Waals surface area contributed by atoms with Crippen molar-refractivity contribution in [1.29, 1.82) is 0 Å². The van der Waals surface area contributed by atoms with Gasteiger partial charge in [0.05, 0.1) is 0 Å². The molecule has 26 heavy (non-hydrogen) atoms.